The molecule has 1 aromatic carbocycles. The Labute approximate surface area is 135 Å². The first-order chi connectivity index (χ1) is 10.1. The van der Waals surface area contributed by atoms with Crippen LogP contribution < -0.4 is 10.1 Å². The molecule has 0 aliphatic heterocycles. The van der Waals surface area contributed by atoms with Crippen molar-refractivity contribution < 1.29 is 9.53 Å². The van der Waals surface area contributed by atoms with Crippen molar-refractivity contribution in [2.45, 2.75) is 39.0 Å². The molecule has 0 unspecified atom stereocenters. The van der Waals surface area contributed by atoms with Gasteiger partial charge in [0.05, 0.1) is 12.7 Å². The number of carbonyl (C=O) groups is 1. The van der Waals surface area contributed by atoms with E-state index in [0.717, 1.165) is 16.9 Å². The van der Waals surface area contributed by atoms with Crippen LogP contribution in [0.5, 0.6) is 5.75 Å². The molecule has 1 amide bonds. The summed E-state index contributed by atoms with van der Waals surface area (Å²) in [4.78, 5) is 12.3. The zero-order valence-corrected chi connectivity index (χ0v) is 14.4. The first-order valence-corrected chi connectivity index (χ1v) is 8.55. The highest BCUT2D eigenvalue weighted by Crippen LogP contribution is 2.30. The van der Waals surface area contributed by atoms with Crippen LogP contribution in [-0.2, 0) is 0 Å². The summed E-state index contributed by atoms with van der Waals surface area (Å²) in [6.45, 7) is 3.04. The molecule has 2 rings (SSSR count). The third-order valence-electron chi connectivity index (χ3n) is 4.50. The molecule has 1 N–H and O–H groups in total. The van der Waals surface area contributed by atoms with E-state index in [4.69, 9.17) is 4.74 Å². The van der Waals surface area contributed by atoms with Crippen molar-refractivity contribution in [1.82, 2.24) is 5.32 Å². The smallest absolute Gasteiger partial charge is 0.255 e. The van der Waals surface area contributed by atoms with Crippen LogP contribution >= 0.6 is 15.9 Å². The van der Waals surface area contributed by atoms with Crippen LogP contribution in [0.4, 0.5) is 0 Å². The Hall–Kier alpha value is -1.03. The second kappa shape index (κ2) is 7.83. The van der Waals surface area contributed by atoms with Crippen molar-refractivity contribution in [2.24, 2.45) is 11.8 Å². The molecule has 0 saturated heterocycles. The number of methoxy groups -OCH3 is 1. The van der Waals surface area contributed by atoms with E-state index in [-0.39, 0.29) is 5.91 Å². The SMILES string of the molecule is CCC1CCC(CNC(=O)c2ccc(Br)cc2OC)CC1. The van der Waals surface area contributed by atoms with Crippen LogP contribution in [0.3, 0.4) is 0 Å². The molecular weight excluding hydrogens is 330 g/mol. The number of benzene rings is 1. The molecule has 1 aliphatic carbocycles. The topological polar surface area (TPSA) is 38.3 Å². The minimum Gasteiger partial charge on any atom is -0.496 e. The van der Waals surface area contributed by atoms with Gasteiger partial charge in [0.2, 0.25) is 0 Å². The van der Waals surface area contributed by atoms with Crippen LogP contribution in [0, 0.1) is 11.8 Å². The van der Waals surface area contributed by atoms with Crippen molar-refractivity contribution >= 4 is 21.8 Å². The van der Waals surface area contributed by atoms with E-state index < -0.39 is 0 Å². The fourth-order valence-electron chi connectivity index (χ4n) is 3.03. The van der Waals surface area contributed by atoms with Crippen molar-refractivity contribution in [3.63, 3.8) is 0 Å². The summed E-state index contributed by atoms with van der Waals surface area (Å²) in [5.74, 6) is 2.08. The lowest BCUT2D eigenvalue weighted by Gasteiger charge is -2.27. The molecule has 0 bridgehead atoms. The van der Waals surface area contributed by atoms with Crippen LogP contribution in [0.1, 0.15) is 49.4 Å². The zero-order chi connectivity index (χ0) is 15.2. The van der Waals surface area contributed by atoms with Crippen molar-refractivity contribution in [2.75, 3.05) is 13.7 Å². The van der Waals surface area contributed by atoms with Gasteiger partial charge in [-0.15, -0.1) is 0 Å². The van der Waals surface area contributed by atoms with Gasteiger partial charge in [-0.05, 0) is 42.9 Å². The van der Waals surface area contributed by atoms with E-state index in [1.165, 1.54) is 32.1 Å². The number of amides is 1. The third kappa shape index (κ3) is 4.47. The van der Waals surface area contributed by atoms with Gasteiger partial charge in [-0.3, -0.25) is 4.79 Å². The third-order valence-corrected chi connectivity index (χ3v) is 5.00. The van der Waals surface area contributed by atoms with E-state index >= 15 is 0 Å². The lowest BCUT2D eigenvalue weighted by Crippen LogP contribution is -2.31. The van der Waals surface area contributed by atoms with E-state index in [1.807, 2.05) is 12.1 Å². The maximum Gasteiger partial charge on any atom is 0.255 e. The summed E-state index contributed by atoms with van der Waals surface area (Å²) in [5.41, 5.74) is 0.600. The Morgan fingerprint density at radius 1 is 1.29 bits per heavy atom. The summed E-state index contributed by atoms with van der Waals surface area (Å²) in [7, 11) is 1.59. The summed E-state index contributed by atoms with van der Waals surface area (Å²) < 4.78 is 6.19. The largest absolute Gasteiger partial charge is 0.496 e. The predicted molar refractivity (Wildman–Crippen MR) is 88.8 cm³/mol. The normalized spacial score (nSPS) is 21.9. The van der Waals surface area contributed by atoms with Gasteiger partial charge in [-0.1, -0.05) is 42.1 Å². The Morgan fingerprint density at radius 2 is 1.95 bits per heavy atom. The number of nitrogens with one attached hydrogen (secondary N) is 1. The van der Waals surface area contributed by atoms with Crippen molar-refractivity contribution in [1.29, 1.82) is 0 Å². The van der Waals surface area contributed by atoms with Gasteiger partial charge in [0.15, 0.2) is 0 Å². The molecule has 1 aliphatic rings. The molecule has 0 atom stereocenters. The Kier molecular flexibility index (Phi) is 6.09. The minimum absolute atomic E-state index is 0.0445. The standard InChI is InChI=1S/C17H24BrNO2/c1-3-12-4-6-13(7-5-12)11-19-17(20)15-9-8-14(18)10-16(15)21-2/h8-10,12-13H,3-7,11H2,1-2H3,(H,19,20). The van der Waals surface area contributed by atoms with Crippen LogP contribution in [0.15, 0.2) is 22.7 Å². The molecule has 21 heavy (non-hydrogen) atoms. The molecule has 0 aromatic heterocycles. The maximum absolute atomic E-state index is 12.3. The van der Waals surface area contributed by atoms with Crippen molar-refractivity contribution in [3.05, 3.63) is 28.2 Å². The molecule has 1 fully saturated rings. The first kappa shape index (κ1) is 16.3. The second-order valence-corrected chi connectivity index (χ2v) is 6.77. The molecule has 0 radical (unpaired) electrons. The lowest BCUT2D eigenvalue weighted by molar-refractivity contribution is 0.0938. The van der Waals surface area contributed by atoms with Crippen LogP contribution in [-0.4, -0.2) is 19.6 Å². The molecule has 3 nitrogen and oxygen atoms in total. The quantitative estimate of drug-likeness (QED) is 0.851. The number of ether oxygens (including phenoxy) is 1. The molecule has 4 heteroatoms. The van der Waals surface area contributed by atoms with Crippen LogP contribution in [0.25, 0.3) is 0 Å². The van der Waals surface area contributed by atoms with Gasteiger partial charge >= 0.3 is 0 Å². The van der Waals surface area contributed by atoms with Gasteiger partial charge in [0.25, 0.3) is 5.91 Å². The summed E-state index contributed by atoms with van der Waals surface area (Å²) in [5, 5.41) is 3.06. The predicted octanol–water partition coefficient (Wildman–Crippen LogP) is 4.40. The highest BCUT2D eigenvalue weighted by Gasteiger charge is 2.21. The van der Waals surface area contributed by atoms with E-state index in [9.17, 15) is 4.79 Å². The second-order valence-electron chi connectivity index (χ2n) is 5.85. The molecule has 116 valence electrons. The Bertz CT molecular complexity index is 482. The molecular formula is C17H24BrNO2. The Morgan fingerprint density at radius 3 is 2.57 bits per heavy atom. The van der Waals surface area contributed by atoms with Crippen molar-refractivity contribution in [3.8, 4) is 5.75 Å². The number of hydrogen-bond acceptors (Lipinski definition) is 2. The van der Waals surface area contributed by atoms with Gasteiger partial charge in [0, 0.05) is 11.0 Å². The van der Waals surface area contributed by atoms with E-state index in [2.05, 4.69) is 28.2 Å². The van der Waals surface area contributed by atoms with Gasteiger partial charge in [0.1, 0.15) is 5.75 Å². The molecule has 1 saturated carbocycles. The number of hydrogen-bond donors (Lipinski definition) is 1. The van der Waals surface area contributed by atoms with Gasteiger partial charge in [-0.25, -0.2) is 0 Å². The fourth-order valence-corrected chi connectivity index (χ4v) is 3.37. The van der Waals surface area contributed by atoms with Gasteiger partial charge < -0.3 is 10.1 Å². The fraction of sp³-hybridized carbons (Fsp3) is 0.588. The summed E-state index contributed by atoms with van der Waals surface area (Å²) in [6, 6.07) is 5.48. The molecule has 1 aromatic rings. The maximum atomic E-state index is 12.3. The molecule has 0 heterocycles. The highest BCUT2D eigenvalue weighted by molar-refractivity contribution is 9.10. The number of halogens is 1. The zero-order valence-electron chi connectivity index (χ0n) is 12.8. The summed E-state index contributed by atoms with van der Waals surface area (Å²) in [6.07, 6.45) is 6.36. The lowest BCUT2D eigenvalue weighted by atomic mass is 9.81. The average molecular weight is 354 g/mol. The number of rotatable bonds is 5. The van der Waals surface area contributed by atoms with E-state index in [1.54, 1.807) is 13.2 Å². The first-order valence-electron chi connectivity index (χ1n) is 7.75. The van der Waals surface area contributed by atoms with Crippen LogP contribution in [0.2, 0.25) is 0 Å². The average Bonchev–Trinajstić information content (AvgIpc) is 2.52. The Balaban J connectivity index is 1.88. The highest BCUT2D eigenvalue weighted by atomic mass is 79.9. The monoisotopic (exact) mass is 353 g/mol. The summed E-state index contributed by atoms with van der Waals surface area (Å²) >= 11 is 3.39. The minimum atomic E-state index is -0.0445. The van der Waals surface area contributed by atoms with E-state index in [0.29, 0.717) is 17.2 Å². The molecule has 0 spiro atoms. The number of carbonyl (C=O) groups excluding carboxylic acids is 1. The van der Waals surface area contributed by atoms with Gasteiger partial charge in [-0.2, -0.15) is 0 Å².